The molecule has 0 heterocycles. The van der Waals surface area contributed by atoms with Gasteiger partial charge in [0.2, 0.25) is 0 Å². The van der Waals surface area contributed by atoms with Crippen LogP contribution in [0.3, 0.4) is 0 Å². The van der Waals surface area contributed by atoms with Gasteiger partial charge in [0.05, 0.1) is 10.9 Å². The van der Waals surface area contributed by atoms with Crippen LogP contribution in [0.15, 0.2) is 57.9 Å². The highest BCUT2D eigenvalue weighted by molar-refractivity contribution is 9.10. The fourth-order valence-electron chi connectivity index (χ4n) is 2.26. The predicted octanol–water partition coefficient (Wildman–Crippen LogP) is 4.29. The zero-order chi connectivity index (χ0) is 17.7. The third-order valence-electron chi connectivity index (χ3n) is 3.51. The Morgan fingerprint density at radius 1 is 1.21 bits per heavy atom. The number of nitrogens with one attached hydrogen (secondary N) is 2. The van der Waals surface area contributed by atoms with E-state index in [9.17, 15) is 8.42 Å². The lowest BCUT2D eigenvalue weighted by Crippen LogP contribution is -2.32. The molecular formula is C17H19BrN2O2S2. The van der Waals surface area contributed by atoms with Crippen molar-refractivity contribution in [3.05, 3.63) is 58.6 Å². The van der Waals surface area contributed by atoms with E-state index in [4.69, 9.17) is 12.2 Å². The number of sulfone groups is 1. The quantitative estimate of drug-likeness (QED) is 0.698. The molecule has 2 aromatic carbocycles. The van der Waals surface area contributed by atoms with Crippen LogP contribution in [0.25, 0.3) is 0 Å². The Kier molecular flexibility index (Phi) is 6.37. The molecular weight excluding hydrogens is 408 g/mol. The van der Waals surface area contributed by atoms with Gasteiger partial charge in [-0.25, -0.2) is 8.42 Å². The Hall–Kier alpha value is -1.44. The van der Waals surface area contributed by atoms with E-state index < -0.39 is 9.84 Å². The second-order valence-corrected chi connectivity index (χ2v) is 8.75. The molecule has 2 N–H and O–H groups in total. The first-order valence-corrected chi connectivity index (χ1v) is 10.5. The van der Waals surface area contributed by atoms with Crippen molar-refractivity contribution in [2.75, 3.05) is 11.6 Å². The average Bonchev–Trinajstić information content (AvgIpc) is 2.52. The number of anilines is 1. The zero-order valence-electron chi connectivity index (χ0n) is 13.4. The summed E-state index contributed by atoms with van der Waals surface area (Å²) in [5, 5.41) is 6.93. The van der Waals surface area contributed by atoms with E-state index in [2.05, 4.69) is 26.6 Å². The van der Waals surface area contributed by atoms with Crippen molar-refractivity contribution >= 4 is 48.8 Å². The molecule has 4 nitrogen and oxygen atoms in total. The molecule has 128 valence electrons. The molecule has 0 aliphatic carbocycles. The second kappa shape index (κ2) is 8.09. The van der Waals surface area contributed by atoms with Crippen LogP contribution in [0.1, 0.15) is 24.9 Å². The number of benzene rings is 2. The summed E-state index contributed by atoms with van der Waals surface area (Å²) >= 11 is 8.80. The summed E-state index contributed by atoms with van der Waals surface area (Å²) in [6.07, 6.45) is 2.02. The average molecular weight is 427 g/mol. The maximum Gasteiger partial charge on any atom is 0.175 e. The first kappa shape index (κ1) is 18.9. The summed E-state index contributed by atoms with van der Waals surface area (Å²) in [7, 11) is -3.18. The summed E-state index contributed by atoms with van der Waals surface area (Å²) in [5.41, 5.74) is 1.88. The van der Waals surface area contributed by atoms with Crippen molar-refractivity contribution in [3.8, 4) is 0 Å². The lowest BCUT2D eigenvalue weighted by atomic mass is 10.1. The molecule has 2 rings (SSSR count). The summed E-state index contributed by atoms with van der Waals surface area (Å²) in [6.45, 7) is 2.05. The molecule has 0 amide bonds. The van der Waals surface area contributed by atoms with Crippen LogP contribution in [0.4, 0.5) is 5.69 Å². The van der Waals surface area contributed by atoms with Crippen molar-refractivity contribution < 1.29 is 8.42 Å². The third-order valence-corrected chi connectivity index (χ3v) is 5.35. The summed E-state index contributed by atoms with van der Waals surface area (Å²) in [6, 6.07) is 14.6. The minimum absolute atomic E-state index is 0.00534. The monoisotopic (exact) mass is 426 g/mol. The molecule has 2 aromatic rings. The second-order valence-electron chi connectivity index (χ2n) is 5.41. The third kappa shape index (κ3) is 5.29. The van der Waals surface area contributed by atoms with Crippen LogP contribution >= 0.6 is 28.1 Å². The summed E-state index contributed by atoms with van der Waals surface area (Å²) in [4.78, 5) is 0.316. The van der Waals surface area contributed by atoms with Gasteiger partial charge in [-0.2, -0.15) is 0 Å². The summed E-state index contributed by atoms with van der Waals surface area (Å²) < 4.78 is 24.1. The largest absolute Gasteiger partial charge is 0.356 e. The number of rotatable bonds is 5. The van der Waals surface area contributed by atoms with Gasteiger partial charge >= 0.3 is 0 Å². The van der Waals surface area contributed by atoms with Crippen molar-refractivity contribution in [2.45, 2.75) is 24.3 Å². The Labute approximate surface area is 156 Å². The summed E-state index contributed by atoms with van der Waals surface area (Å²) in [5.74, 6) is 0. The van der Waals surface area contributed by atoms with E-state index in [1.807, 2.05) is 43.3 Å². The molecule has 0 saturated heterocycles. The van der Waals surface area contributed by atoms with E-state index in [-0.39, 0.29) is 6.04 Å². The van der Waals surface area contributed by atoms with Gasteiger partial charge in [0.25, 0.3) is 0 Å². The standard InChI is InChI=1S/C17H19BrN2O2S2/c1-3-16(12-7-9-15(10-8-12)24(2,21)22)20-17(23)19-14-6-4-5-13(18)11-14/h4-11,16H,3H2,1-2H3,(H2,19,20,23). The van der Waals surface area contributed by atoms with E-state index in [0.29, 0.717) is 10.0 Å². The smallest absolute Gasteiger partial charge is 0.175 e. The molecule has 0 radical (unpaired) electrons. The molecule has 1 unspecified atom stereocenters. The molecule has 0 aromatic heterocycles. The highest BCUT2D eigenvalue weighted by Gasteiger charge is 2.13. The highest BCUT2D eigenvalue weighted by atomic mass is 79.9. The lowest BCUT2D eigenvalue weighted by Gasteiger charge is -2.20. The normalized spacial score (nSPS) is 12.5. The van der Waals surface area contributed by atoms with Crippen LogP contribution in [0.2, 0.25) is 0 Å². The first-order chi connectivity index (χ1) is 11.3. The minimum Gasteiger partial charge on any atom is -0.356 e. The number of hydrogen-bond donors (Lipinski definition) is 2. The first-order valence-electron chi connectivity index (χ1n) is 7.42. The van der Waals surface area contributed by atoms with Gasteiger partial charge in [-0.1, -0.05) is 41.1 Å². The Morgan fingerprint density at radius 3 is 2.42 bits per heavy atom. The maximum absolute atomic E-state index is 11.5. The SMILES string of the molecule is CCC(NC(=S)Nc1cccc(Br)c1)c1ccc(S(C)(=O)=O)cc1. The molecule has 0 fully saturated rings. The van der Waals surface area contributed by atoms with Gasteiger partial charge < -0.3 is 10.6 Å². The topological polar surface area (TPSA) is 58.2 Å². The van der Waals surface area contributed by atoms with Crippen molar-refractivity contribution in [3.63, 3.8) is 0 Å². The van der Waals surface area contributed by atoms with Gasteiger partial charge in [0.1, 0.15) is 0 Å². The van der Waals surface area contributed by atoms with Gasteiger partial charge in [0, 0.05) is 16.4 Å². The number of hydrogen-bond acceptors (Lipinski definition) is 3. The van der Waals surface area contributed by atoms with E-state index in [1.165, 1.54) is 6.26 Å². The van der Waals surface area contributed by atoms with Crippen LogP contribution in [-0.2, 0) is 9.84 Å². The van der Waals surface area contributed by atoms with Crippen LogP contribution in [0.5, 0.6) is 0 Å². The molecule has 0 spiro atoms. The Bertz CT molecular complexity index is 821. The lowest BCUT2D eigenvalue weighted by molar-refractivity contribution is 0.601. The van der Waals surface area contributed by atoms with Crippen molar-refractivity contribution in [1.29, 1.82) is 0 Å². The van der Waals surface area contributed by atoms with E-state index in [1.54, 1.807) is 12.1 Å². The fourth-order valence-corrected chi connectivity index (χ4v) is 3.55. The Morgan fingerprint density at radius 2 is 1.88 bits per heavy atom. The van der Waals surface area contributed by atoms with Gasteiger partial charge in [-0.3, -0.25) is 0 Å². The molecule has 0 aliphatic heterocycles. The van der Waals surface area contributed by atoms with Gasteiger partial charge in [-0.15, -0.1) is 0 Å². The molecule has 0 saturated carbocycles. The fraction of sp³-hybridized carbons (Fsp3) is 0.235. The highest BCUT2D eigenvalue weighted by Crippen LogP contribution is 2.20. The predicted molar refractivity (Wildman–Crippen MR) is 106 cm³/mol. The van der Waals surface area contributed by atoms with E-state index >= 15 is 0 Å². The molecule has 24 heavy (non-hydrogen) atoms. The number of thiocarbonyl (C=S) groups is 1. The molecule has 7 heteroatoms. The molecule has 1 atom stereocenters. The number of halogens is 1. The van der Waals surface area contributed by atoms with E-state index in [0.717, 1.165) is 22.1 Å². The van der Waals surface area contributed by atoms with Gasteiger partial charge in [-0.05, 0) is 54.5 Å². The zero-order valence-corrected chi connectivity index (χ0v) is 16.6. The minimum atomic E-state index is -3.18. The van der Waals surface area contributed by atoms with Crippen LogP contribution in [-0.4, -0.2) is 19.8 Å². The van der Waals surface area contributed by atoms with Crippen LogP contribution in [0, 0.1) is 0 Å². The van der Waals surface area contributed by atoms with Crippen LogP contribution < -0.4 is 10.6 Å². The molecule has 0 aliphatic rings. The molecule has 0 bridgehead atoms. The maximum atomic E-state index is 11.5. The Balaban J connectivity index is 2.07. The van der Waals surface area contributed by atoms with Gasteiger partial charge in [0.15, 0.2) is 14.9 Å². The van der Waals surface area contributed by atoms with Crippen molar-refractivity contribution in [2.24, 2.45) is 0 Å². The van der Waals surface area contributed by atoms with Crippen molar-refractivity contribution in [1.82, 2.24) is 5.32 Å².